The average Bonchev–Trinajstić information content (AvgIpc) is 3.08. The molecule has 0 spiro atoms. The molecule has 12 nitrogen and oxygen atoms in total. The van der Waals surface area contributed by atoms with Gasteiger partial charge in [0.15, 0.2) is 6.61 Å². The number of ether oxygens (including phenoxy) is 2. The van der Waals surface area contributed by atoms with Crippen LogP contribution in [0.5, 0.6) is 17.2 Å². The third-order valence-corrected chi connectivity index (χ3v) is 7.69. The van der Waals surface area contributed by atoms with Crippen LogP contribution in [0.4, 0.5) is 10.1 Å². The summed E-state index contributed by atoms with van der Waals surface area (Å²) in [5, 5.41) is 47.7. The number of benzene rings is 4. The molecule has 0 fully saturated rings. The van der Waals surface area contributed by atoms with E-state index >= 15 is 4.39 Å². The number of amides is 1. The fraction of sp³-hybridized carbons (Fsp3) is 0.171. The topological polar surface area (TPSA) is 190 Å². The van der Waals surface area contributed by atoms with Gasteiger partial charge >= 0.3 is 5.97 Å². The number of aromatic amines is 1. The van der Waals surface area contributed by atoms with E-state index in [2.05, 4.69) is 15.6 Å². The number of aliphatic hydroxyl groups excluding tert-OH is 1. The highest BCUT2D eigenvalue weighted by Crippen LogP contribution is 2.33. The summed E-state index contributed by atoms with van der Waals surface area (Å²) in [5.74, 6) is -2.74. The number of nitrogens with one attached hydrogen (secondary N) is 3. The highest BCUT2D eigenvalue weighted by Gasteiger charge is 2.40. The molecule has 2 unspecified atom stereocenters. The molecule has 7 N–H and O–H groups in total. The zero-order chi connectivity index (χ0) is 34.4. The molecule has 2 atom stereocenters. The number of fused-ring (bicyclic) bond motifs is 1. The molecule has 1 heterocycles. The van der Waals surface area contributed by atoms with Gasteiger partial charge in [-0.3, -0.25) is 9.59 Å². The number of pyridine rings is 1. The van der Waals surface area contributed by atoms with Gasteiger partial charge in [-0.15, -0.1) is 0 Å². The highest BCUT2D eigenvalue weighted by molar-refractivity contribution is 5.92. The molecule has 0 saturated heterocycles. The second-order valence-corrected chi connectivity index (χ2v) is 10.8. The summed E-state index contributed by atoms with van der Waals surface area (Å²) in [5.41, 5.74) is -1.72. The third kappa shape index (κ3) is 7.13. The van der Waals surface area contributed by atoms with E-state index in [1.807, 2.05) is 0 Å². The molecule has 0 bridgehead atoms. The number of aromatic hydroxyl groups is 1. The van der Waals surface area contributed by atoms with E-state index in [0.29, 0.717) is 16.5 Å². The molecular formula is C35H32FN3O9. The van der Waals surface area contributed by atoms with Crippen molar-refractivity contribution in [3.63, 3.8) is 0 Å². The van der Waals surface area contributed by atoms with Gasteiger partial charge in [0.25, 0.3) is 5.91 Å². The summed E-state index contributed by atoms with van der Waals surface area (Å²) in [4.78, 5) is 39.0. The van der Waals surface area contributed by atoms with Crippen molar-refractivity contribution in [2.45, 2.75) is 18.2 Å². The molecule has 0 radical (unpaired) electrons. The first kappa shape index (κ1) is 33.6. The number of phenolic OH excluding ortho intramolecular Hbond substituents is 1. The number of carbonyl (C=O) groups is 2. The quantitative estimate of drug-likeness (QED) is 0.0986. The van der Waals surface area contributed by atoms with Gasteiger partial charge in [0.05, 0.1) is 24.4 Å². The predicted molar refractivity (Wildman–Crippen MR) is 173 cm³/mol. The standard InChI is InChI=1S/C35H32FN3O9/c1-47-30-16-27(26(36)14-20(30)17-37-18-29(41)24-10-12-28(40)33-25(24)11-13-31(42)39-33)38-32(43)19-48-23-9-5-8-22(15-23)35(46,34(44)45)21-6-3-2-4-7-21/h2-16,29,37,40-41,46H,17-19H2,1H3,(H,38,43)(H,39,42)(H,44,45). The van der Waals surface area contributed by atoms with Crippen molar-refractivity contribution in [2.24, 2.45) is 0 Å². The number of aliphatic hydroxyl groups is 2. The lowest BCUT2D eigenvalue weighted by Gasteiger charge is -2.25. The minimum absolute atomic E-state index is 0.0133. The van der Waals surface area contributed by atoms with Crippen LogP contribution in [0.2, 0.25) is 0 Å². The molecule has 0 aliphatic carbocycles. The van der Waals surface area contributed by atoms with Gasteiger partial charge in [0, 0.05) is 41.7 Å². The van der Waals surface area contributed by atoms with Gasteiger partial charge in [-0.1, -0.05) is 48.5 Å². The van der Waals surface area contributed by atoms with E-state index in [0.717, 1.165) is 0 Å². The summed E-state index contributed by atoms with van der Waals surface area (Å²) in [6, 6.07) is 21.7. The molecular weight excluding hydrogens is 625 g/mol. The smallest absolute Gasteiger partial charge is 0.345 e. The Kier molecular flexibility index (Phi) is 10.0. The molecule has 5 rings (SSSR count). The van der Waals surface area contributed by atoms with Crippen molar-refractivity contribution in [3.05, 3.63) is 129 Å². The average molecular weight is 658 g/mol. The molecule has 0 saturated carbocycles. The van der Waals surface area contributed by atoms with Gasteiger partial charge < -0.3 is 45.5 Å². The van der Waals surface area contributed by atoms with E-state index in [4.69, 9.17) is 9.47 Å². The molecule has 0 aliphatic rings. The summed E-state index contributed by atoms with van der Waals surface area (Å²) in [7, 11) is 1.38. The van der Waals surface area contributed by atoms with Crippen LogP contribution in [0, 0.1) is 5.82 Å². The Hall–Kier alpha value is -5.76. The number of carboxylic acid groups (broad SMARTS) is 1. The van der Waals surface area contributed by atoms with Crippen LogP contribution in [-0.2, 0) is 21.7 Å². The van der Waals surface area contributed by atoms with Crippen LogP contribution >= 0.6 is 0 Å². The lowest BCUT2D eigenvalue weighted by molar-refractivity contribution is -0.155. The van der Waals surface area contributed by atoms with E-state index in [9.17, 15) is 34.8 Å². The largest absolute Gasteiger partial charge is 0.506 e. The first-order valence-electron chi connectivity index (χ1n) is 14.7. The van der Waals surface area contributed by atoms with Gasteiger partial charge in [0.1, 0.15) is 23.1 Å². The van der Waals surface area contributed by atoms with Crippen molar-refractivity contribution in [3.8, 4) is 17.2 Å². The summed E-state index contributed by atoms with van der Waals surface area (Å²) in [6.07, 6.45) is -1.04. The minimum atomic E-state index is -2.36. The second-order valence-electron chi connectivity index (χ2n) is 10.8. The first-order valence-corrected chi connectivity index (χ1v) is 14.7. The third-order valence-electron chi connectivity index (χ3n) is 7.69. The fourth-order valence-electron chi connectivity index (χ4n) is 5.26. The number of carbonyl (C=O) groups excluding carboxylic acids is 1. The predicted octanol–water partition coefficient (Wildman–Crippen LogP) is 3.54. The van der Waals surface area contributed by atoms with Crippen LogP contribution in [0.25, 0.3) is 10.9 Å². The number of methoxy groups -OCH3 is 1. The monoisotopic (exact) mass is 657 g/mol. The summed E-state index contributed by atoms with van der Waals surface area (Å²) < 4.78 is 26.0. The Bertz CT molecular complexity index is 2020. The summed E-state index contributed by atoms with van der Waals surface area (Å²) in [6.45, 7) is -0.428. The number of aliphatic carboxylic acids is 1. The summed E-state index contributed by atoms with van der Waals surface area (Å²) >= 11 is 0. The maximum atomic E-state index is 15.1. The Labute approximate surface area is 273 Å². The molecule has 1 amide bonds. The zero-order valence-corrected chi connectivity index (χ0v) is 25.6. The number of carboxylic acids is 1. The van der Waals surface area contributed by atoms with Crippen molar-refractivity contribution in [1.82, 2.24) is 10.3 Å². The van der Waals surface area contributed by atoms with Gasteiger partial charge in [-0.25, -0.2) is 9.18 Å². The number of phenols is 1. The van der Waals surface area contributed by atoms with Gasteiger partial charge in [-0.05, 0) is 41.5 Å². The number of anilines is 1. The molecule has 1 aromatic heterocycles. The number of rotatable bonds is 13. The van der Waals surface area contributed by atoms with Gasteiger partial charge in [-0.2, -0.15) is 0 Å². The number of halogens is 1. The first-order chi connectivity index (χ1) is 23.0. The Morgan fingerprint density at radius 1 is 0.979 bits per heavy atom. The lowest BCUT2D eigenvalue weighted by atomic mass is 9.86. The minimum Gasteiger partial charge on any atom is -0.506 e. The van der Waals surface area contributed by atoms with Gasteiger partial charge in [0.2, 0.25) is 11.2 Å². The van der Waals surface area contributed by atoms with E-state index in [1.165, 1.54) is 73.8 Å². The number of H-pyrrole nitrogens is 1. The molecule has 248 valence electrons. The Morgan fingerprint density at radius 3 is 2.46 bits per heavy atom. The molecule has 13 heteroatoms. The van der Waals surface area contributed by atoms with Crippen LogP contribution in [0.3, 0.4) is 0 Å². The normalized spacial score (nSPS) is 13.0. The van der Waals surface area contributed by atoms with Crippen LogP contribution in [-0.4, -0.2) is 57.5 Å². The van der Waals surface area contributed by atoms with Crippen molar-refractivity contribution in [2.75, 3.05) is 25.6 Å². The van der Waals surface area contributed by atoms with Crippen molar-refractivity contribution < 1.29 is 43.9 Å². The second kappa shape index (κ2) is 14.3. The number of hydrogen-bond donors (Lipinski definition) is 7. The zero-order valence-electron chi connectivity index (χ0n) is 25.6. The SMILES string of the molecule is COc1cc(NC(=O)COc2cccc(C(O)(C(=O)O)c3ccccc3)c2)c(F)cc1CNCC(O)c1ccc(O)c2[nH]c(=O)ccc12. The molecule has 5 aromatic rings. The van der Waals surface area contributed by atoms with Crippen LogP contribution in [0.1, 0.15) is 28.4 Å². The maximum absolute atomic E-state index is 15.1. The highest BCUT2D eigenvalue weighted by atomic mass is 19.1. The molecule has 48 heavy (non-hydrogen) atoms. The van der Waals surface area contributed by atoms with Crippen LogP contribution < -0.4 is 25.7 Å². The number of hydrogen-bond acceptors (Lipinski definition) is 9. The maximum Gasteiger partial charge on any atom is 0.345 e. The van der Waals surface area contributed by atoms with Crippen molar-refractivity contribution in [1.29, 1.82) is 0 Å². The fourth-order valence-corrected chi connectivity index (χ4v) is 5.26. The van der Waals surface area contributed by atoms with E-state index in [-0.39, 0.29) is 52.7 Å². The van der Waals surface area contributed by atoms with Crippen LogP contribution in [0.15, 0.2) is 95.8 Å². The lowest BCUT2D eigenvalue weighted by Crippen LogP contribution is -2.36. The van der Waals surface area contributed by atoms with Crippen molar-refractivity contribution >= 4 is 28.5 Å². The molecule has 4 aromatic carbocycles. The number of aromatic nitrogens is 1. The van der Waals surface area contributed by atoms with E-state index < -0.39 is 41.6 Å². The van der Waals surface area contributed by atoms with E-state index in [1.54, 1.807) is 24.3 Å². The molecule has 0 aliphatic heterocycles. The Morgan fingerprint density at radius 2 is 1.73 bits per heavy atom. The Balaban J connectivity index is 1.21.